The lowest BCUT2D eigenvalue weighted by atomic mass is 10.2. The van der Waals surface area contributed by atoms with Gasteiger partial charge in [-0.2, -0.15) is 0 Å². The number of carbonyl (C=O) groups excluding carboxylic acids is 1. The third-order valence-electron chi connectivity index (χ3n) is 4.63. The maximum atomic E-state index is 13.4. The van der Waals surface area contributed by atoms with Gasteiger partial charge in [-0.1, -0.05) is 53.2 Å². The smallest absolute Gasteiger partial charge is 0.251 e. The predicted octanol–water partition coefficient (Wildman–Crippen LogP) is 6.07. The van der Waals surface area contributed by atoms with Gasteiger partial charge in [0, 0.05) is 16.3 Å². The van der Waals surface area contributed by atoms with E-state index < -0.39 is 11.7 Å². The van der Waals surface area contributed by atoms with E-state index in [9.17, 15) is 13.6 Å². The number of hydrogen-bond acceptors (Lipinski definition) is 4. The van der Waals surface area contributed by atoms with E-state index in [4.69, 9.17) is 23.2 Å². The van der Waals surface area contributed by atoms with Crippen LogP contribution in [0.5, 0.6) is 0 Å². The van der Waals surface area contributed by atoms with Crippen molar-refractivity contribution in [3.63, 3.8) is 0 Å². The van der Waals surface area contributed by atoms with E-state index in [0.717, 1.165) is 11.6 Å². The second-order valence-electron chi connectivity index (χ2n) is 6.94. The van der Waals surface area contributed by atoms with Gasteiger partial charge in [-0.25, -0.2) is 8.78 Å². The van der Waals surface area contributed by atoms with Crippen molar-refractivity contribution in [2.75, 3.05) is 0 Å². The number of aromatic nitrogens is 3. The number of benzene rings is 3. The SMILES string of the molecule is O=C(NCc1nnc(SCc2ccc(F)cc2)n1-c1ccc(Cl)cc1Cl)c1cccc(F)c1. The second-order valence-corrected chi connectivity index (χ2v) is 8.72. The van der Waals surface area contributed by atoms with Gasteiger partial charge in [-0.05, 0) is 54.1 Å². The molecular formula is C23H16Cl2F2N4OS. The molecule has 0 saturated heterocycles. The summed E-state index contributed by atoms with van der Waals surface area (Å²) in [7, 11) is 0. The predicted molar refractivity (Wildman–Crippen MR) is 125 cm³/mol. The largest absolute Gasteiger partial charge is 0.345 e. The number of nitrogens with zero attached hydrogens (tertiary/aromatic N) is 3. The van der Waals surface area contributed by atoms with E-state index in [1.54, 1.807) is 34.9 Å². The highest BCUT2D eigenvalue weighted by atomic mass is 35.5. The Morgan fingerprint density at radius 2 is 1.76 bits per heavy atom. The maximum absolute atomic E-state index is 13.4. The van der Waals surface area contributed by atoms with Crippen molar-refractivity contribution in [2.24, 2.45) is 0 Å². The van der Waals surface area contributed by atoms with Crippen LogP contribution in [-0.4, -0.2) is 20.7 Å². The molecule has 0 fully saturated rings. The monoisotopic (exact) mass is 504 g/mol. The van der Waals surface area contributed by atoms with Crippen molar-refractivity contribution in [1.29, 1.82) is 0 Å². The average Bonchev–Trinajstić information content (AvgIpc) is 3.19. The Morgan fingerprint density at radius 1 is 0.970 bits per heavy atom. The number of rotatable bonds is 7. The molecule has 0 saturated carbocycles. The number of nitrogens with one attached hydrogen (secondary N) is 1. The van der Waals surface area contributed by atoms with Crippen LogP contribution in [0.25, 0.3) is 5.69 Å². The van der Waals surface area contributed by atoms with Crippen LogP contribution in [0.1, 0.15) is 21.7 Å². The van der Waals surface area contributed by atoms with E-state index >= 15 is 0 Å². The molecule has 10 heteroatoms. The van der Waals surface area contributed by atoms with Crippen molar-refractivity contribution in [3.8, 4) is 5.69 Å². The maximum Gasteiger partial charge on any atom is 0.251 e. The molecule has 1 amide bonds. The number of halogens is 4. The molecule has 0 bridgehead atoms. The number of hydrogen-bond donors (Lipinski definition) is 1. The Bertz CT molecular complexity index is 1300. The van der Waals surface area contributed by atoms with E-state index in [1.807, 2.05) is 0 Å². The molecule has 0 unspecified atom stereocenters. The van der Waals surface area contributed by atoms with Gasteiger partial charge < -0.3 is 5.32 Å². The Labute approximate surface area is 202 Å². The van der Waals surface area contributed by atoms with Crippen LogP contribution >= 0.6 is 35.0 Å². The van der Waals surface area contributed by atoms with Crippen LogP contribution in [0.3, 0.4) is 0 Å². The highest BCUT2D eigenvalue weighted by Gasteiger charge is 2.18. The summed E-state index contributed by atoms with van der Waals surface area (Å²) in [5.41, 5.74) is 1.68. The summed E-state index contributed by atoms with van der Waals surface area (Å²) in [4.78, 5) is 12.5. The summed E-state index contributed by atoms with van der Waals surface area (Å²) < 4.78 is 28.4. The molecule has 0 radical (unpaired) electrons. The van der Waals surface area contributed by atoms with E-state index in [2.05, 4.69) is 15.5 Å². The van der Waals surface area contributed by atoms with Crippen LogP contribution in [0.2, 0.25) is 10.0 Å². The Balaban J connectivity index is 1.60. The number of carbonyl (C=O) groups is 1. The van der Waals surface area contributed by atoms with Crippen LogP contribution in [0.4, 0.5) is 8.78 Å². The molecule has 1 N–H and O–H groups in total. The fourth-order valence-corrected chi connectivity index (χ4v) is 4.45. The van der Waals surface area contributed by atoms with Crippen molar-refractivity contribution in [2.45, 2.75) is 17.5 Å². The topological polar surface area (TPSA) is 59.8 Å². The van der Waals surface area contributed by atoms with Gasteiger partial charge in [0.25, 0.3) is 5.91 Å². The molecule has 3 aromatic carbocycles. The fraction of sp³-hybridized carbons (Fsp3) is 0.0870. The zero-order chi connectivity index (χ0) is 23.4. The summed E-state index contributed by atoms with van der Waals surface area (Å²) in [6.07, 6.45) is 0. The third-order valence-corrected chi connectivity index (χ3v) is 6.16. The third kappa shape index (κ3) is 5.71. The first-order valence-corrected chi connectivity index (χ1v) is 11.5. The van der Waals surface area contributed by atoms with Gasteiger partial charge in [0.15, 0.2) is 11.0 Å². The number of amides is 1. The summed E-state index contributed by atoms with van der Waals surface area (Å²) in [6.45, 7) is 0.0262. The molecule has 1 heterocycles. The lowest BCUT2D eigenvalue weighted by Crippen LogP contribution is -2.24. The number of thioether (sulfide) groups is 1. The Morgan fingerprint density at radius 3 is 2.48 bits per heavy atom. The fourth-order valence-electron chi connectivity index (χ4n) is 3.03. The lowest BCUT2D eigenvalue weighted by Gasteiger charge is -2.13. The molecule has 4 aromatic rings. The molecule has 0 aliphatic rings. The molecule has 0 spiro atoms. The van der Waals surface area contributed by atoms with Gasteiger partial charge in [0.2, 0.25) is 0 Å². The zero-order valence-electron chi connectivity index (χ0n) is 16.9. The first kappa shape index (κ1) is 23.2. The van der Waals surface area contributed by atoms with E-state index in [1.165, 1.54) is 42.1 Å². The first-order valence-electron chi connectivity index (χ1n) is 9.71. The highest BCUT2D eigenvalue weighted by Crippen LogP contribution is 2.30. The van der Waals surface area contributed by atoms with Crippen LogP contribution < -0.4 is 5.32 Å². The molecular weight excluding hydrogens is 489 g/mol. The molecule has 4 rings (SSSR count). The van der Waals surface area contributed by atoms with Crippen molar-refractivity contribution < 1.29 is 13.6 Å². The van der Waals surface area contributed by atoms with Gasteiger partial charge in [0.1, 0.15) is 11.6 Å². The lowest BCUT2D eigenvalue weighted by molar-refractivity contribution is 0.0949. The van der Waals surface area contributed by atoms with Gasteiger partial charge in [-0.3, -0.25) is 9.36 Å². The van der Waals surface area contributed by atoms with Crippen LogP contribution in [0.15, 0.2) is 71.9 Å². The molecule has 0 aliphatic heterocycles. The highest BCUT2D eigenvalue weighted by molar-refractivity contribution is 7.98. The van der Waals surface area contributed by atoms with Crippen LogP contribution in [0, 0.1) is 11.6 Å². The Hall–Kier alpha value is -2.94. The molecule has 168 valence electrons. The standard InChI is InChI=1S/C23H16Cl2F2N4OS/c24-16-6-9-20(19(25)11-16)31-21(12-28-22(32)15-2-1-3-18(27)10-15)29-30-23(31)33-13-14-4-7-17(26)8-5-14/h1-11H,12-13H2,(H,28,32). The quantitative estimate of drug-likeness (QED) is 0.310. The van der Waals surface area contributed by atoms with Gasteiger partial charge >= 0.3 is 0 Å². The summed E-state index contributed by atoms with van der Waals surface area (Å²) in [5.74, 6) is -0.328. The normalized spacial score (nSPS) is 10.9. The van der Waals surface area contributed by atoms with E-state index in [0.29, 0.717) is 32.5 Å². The van der Waals surface area contributed by atoms with Crippen LogP contribution in [-0.2, 0) is 12.3 Å². The van der Waals surface area contributed by atoms with Gasteiger partial charge in [0.05, 0.1) is 17.3 Å². The average molecular weight is 505 g/mol. The molecule has 5 nitrogen and oxygen atoms in total. The molecule has 0 atom stereocenters. The minimum atomic E-state index is -0.502. The molecule has 0 aliphatic carbocycles. The summed E-state index contributed by atoms with van der Waals surface area (Å²) >= 11 is 13.9. The Kier molecular flexibility index (Phi) is 7.27. The van der Waals surface area contributed by atoms with E-state index in [-0.39, 0.29) is 17.9 Å². The van der Waals surface area contributed by atoms with Crippen molar-refractivity contribution in [3.05, 3.63) is 105 Å². The minimum absolute atomic E-state index is 0.0262. The summed E-state index contributed by atoms with van der Waals surface area (Å²) in [5, 5.41) is 12.6. The van der Waals surface area contributed by atoms with Crippen molar-refractivity contribution in [1.82, 2.24) is 20.1 Å². The molecule has 33 heavy (non-hydrogen) atoms. The summed E-state index contributed by atoms with van der Waals surface area (Å²) in [6, 6.07) is 16.6. The second kappa shape index (κ2) is 10.3. The first-order chi connectivity index (χ1) is 15.9. The van der Waals surface area contributed by atoms with Gasteiger partial charge in [-0.15, -0.1) is 10.2 Å². The minimum Gasteiger partial charge on any atom is -0.345 e. The zero-order valence-corrected chi connectivity index (χ0v) is 19.3. The molecule has 1 aromatic heterocycles. The van der Waals surface area contributed by atoms with Crippen molar-refractivity contribution >= 4 is 40.9 Å².